The van der Waals surface area contributed by atoms with E-state index in [1.807, 2.05) is 6.92 Å². The van der Waals surface area contributed by atoms with E-state index in [1.165, 1.54) is 0 Å². The van der Waals surface area contributed by atoms with Crippen molar-refractivity contribution in [3.05, 3.63) is 35.5 Å². The number of anilines is 1. The number of aryl methyl sites for hydroxylation is 1. The van der Waals surface area contributed by atoms with Crippen LogP contribution in [0.25, 0.3) is 0 Å². The molecule has 2 rings (SSSR count). The molecule has 0 radical (unpaired) electrons. The lowest BCUT2D eigenvalue weighted by atomic mass is 10.1. The summed E-state index contributed by atoms with van der Waals surface area (Å²) in [5.41, 5.74) is 6.70. The average Bonchev–Trinajstić information content (AvgIpc) is 2.84. The monoisotopic (exact) mass is 290 g/mol. The lowest BCUT2D eigenvalue weighted by Crippen LogP contribution is -2.26. The molecule has 0 saturated heterocycles. The van der Waals surface area contributed by atoms with E-state index in [4.69, 9.17) is 15.0 Å². The lowest BCUT2D eigenvalue weighted by molar-refractivity contribution is 0.0953. The standard InChI is InChI=1S/C14H18N4O3/c1-3-20-12-7-10(6-11(15)8-12)14(19)16-5-4-13-17-9(2)21-18-13/h6-8H,3-5,15H2,1-2H3,(H,16,19). The van der Waals surface area contributed by atoms with Crippen LogP contribution < -0.4 is 15.8 Å². The minimum absolute atomic E-state index is 0.219. The van der Waals surface area contributed by atoms with Gasteiger partial charge < -0.3 is 20.3 Å². The van der Waals surface area contributed by atoms with Crippen LogP contribution in [0.3, 0.4) is 0 Å². The molecule has 0 bridgehead atoms. The van der Waals surface area contributed by atoms with Crippen molar-refractivity contribution in [2.45, 2.75) is 20.3 Å². The quantitative estimate of drug-likeness (QED) is 0.778. The Kier molecular flexibility index (Phi) is 4.76. The molecule has 1 aromatic carbocycles. The number of rotatable bonds is 6. The van der Waals surface area contributed by atoms with Crippen LogP contribution in [-0.2, 0) is 6.42 Å². The predicted octanol–water partition coefficient (Wildman–Crippen LogP) is 1.33. The molecule has 0 saturated carbocycles. The maximum Gasteiger partial charge on any atom is 0.251 e. The van der Waals surface area contributed by atoms with Gasteiger partial charge in [-0.15, -0.1) is 0 Å². The number of amides is 1. The normalized spacial score (nSPS) is 10.4. The Balaban J connectivity index is 1.93. The van der Waals surface area contributed by atoms with Crippen molar-refractivity contribution in [2.75, 3.05) is 18.9 Å². The van der Waals surface area contributed by atoms with Crippen LogP contribution in [0.4, 0.5) is 5.69 Å². The van der Waals surface area contributed by atoms with E-state index in [9.17, 15) is 4.79 Å². The molecule has 21 heavy (non-hydrogen) atoms. The molecule has 1 heterocycles. The van der Waals surface area contributed by atoms with E-state index in [0.717, 1.165) is 0 Å². The van der Waals surface area contributed by atoms with Crippen molar-refractivity contribution in [1.82, 2.24) is 15.5 Å². The highest BCUT2D eigenvalue weighted by Crippen LogP contribution is 2.18. The highest BCUT2D eigenvalue weighted by molar-refractivity contribution is 5.95. The van der Waals surface area contributed by atoms with E-state index < -0.39 is 0 Å². The molecule has 0 spiro atoms. The van der Waals surface area contributed by atoms with Gasteiger partial charge in [-0.25, -0.2) is 0 Å². The van der Waals surface area contributed by atoms with Gasteiger partial charge in [-0.1, -0.05) is 5.16 Å². The highest BCUT2D eigenvalue weighted by atomic mass is 16.5. The van der Waals surface area contributed by atoms with E-state index in [0.29, 0.717) is 48.3 Å². The molecule has 1 aromatic heterocycles. The van der Waals surface area contributed by atoms with E-state index in [-0.39, 0.29) is 5.91 Å². The third-order valence-electron chi connectivity index (χ3n) is 2.71. The SMILES string of the molecule is CCOc1cc(N)cc(C(=O)NCCc2noc(C)n2)c1. The van der Waals surface area contributed by atoms with Crippen LogP contribution in [0.1, 0.15) is 29.0 Å². The van der Waals surface area contributed by atoms with Gasteiger partial charge in [-0.3, -0.25) is 4.79 Å². The first-order chi connectivity index (χ1) is 10.1. The maximum absolute atomic E-state index is 12.1. The maximum atomic E-state index is 12.1. The van der Waals surface area contributed by atoms with Crippen molar-refractivity contribution in [3.63, 3.8) is 0 Å². The van der Waals surface area contributed by atoms with E-state index in [2.05, 4.69) is 15.5 Å². The number of nitrogen functional groups attached to an aromatic ring is 1. The lowest BCUT2D eigenvalue weighted by Gasteiger charge is -2.08. The van der Waals surface area contributed by atoms with Crippen LogP contribution in [0.5, 0.6) is 5.75 Å². The molecule has 0 aliphatic carbocycles. The first kappa shape index (κ1) is 14.8. The number of hydrogen-bond acceptors (Lipinski definition) is 6. The minimum atomic E-state index is -0.219. The second kappa shape index (κ2) is 6.74. The second-order valence-corrected chi connectivity index (χ2v) is 4.46. The van der Waals surface area contributed by atoms with Gasteiger partial charge in [-0.05, 0) is 19.1 Å². The number of nitrogens with one attached hydrogen (secondary N) is 1. The first-order valence-corrected chi connectivity index (χ1v) is 6.69. The summed E-state index contributed by atoms with van der Waals surface area (Å²) in [7, 11) is 0. The number of hydrogen-bond donors (Lipinski definition) is 2. The zero-order valence-corrected chi connectivity index (χ0v) is 12.0. The van der Waals surface area contributed by atoms with Gasteiger partial charge in [-0.2, -0.15) is 4.98 Å². The molecule has 2 aromatic rings. The van der Waals surface area contributed by atoms with E-state index in [1.54, 1.807) is 25.1 Å². The van der Waals surface area contributed by atoms with Gasteiger partial charge in [0.25, 0.3) is 5.91 Å². The Morgan fingerprint density at radius 2 is 2.24 bits per heavy atom. The van der Waals surface area contributed by atoms with Crippen molar-refractivity contribution in [2.24, 2.45) is 0 Å². The van der Waals surface area contributed by atoms with Gasteiger partial charge in [0.15, 0.2) is 5.82 Å². The molecule has 0 aliphatic rings. The number of nitrogens with zero attached hydrogens (tertiary/aromatic N) is 2. The first-order valence-electron chi connectivity index (χ1n) is 6.69. The topological polar surface area (TPSA) is 103 Å². The summed E-state index contributed by atoms with van der Waals surface area (Å²) in [6, 6.07) is 4.95. The summed E-state index contributed by atoms with van der Waals surface area (Å²) < 4.78 is 10.2. The molecule has 1 amide bonds. The summed E-state index contributed by atoms with van der Waals surface area (Å²) in [4.78, 5) is 16.1. The Bertz CT molecular complexity index is 624. The number of ether oxygens (including phenoxy) is 1. The molecule has 0 atom stereocenters. The van der Waals surface area contributed by atoms with E-state index >= 15 is 0 Å². The van der Waals surface area contributed by atoms with Crippen LogP contribution in [0.2, 0.25) is 0 Å². The Hall–Kier alpha value is -2.57. The Labute approximate surface area is 122 Å². The molecular weight excluding hydrogens is 272 g/mol. The van der Waals surface area contributed by atoms with Gasteiger partial charge in [0.2, 0.25) is 5.89 Å². The summed E-state index contributed by atoms with van der Waals surface area (Å²) in [5.74, 6) is 1.43. The molecule has 3 N–H and O–H groups in total. The zero-order valence-electron chi connectivity index (χ0n) is 12.0. The van der Waals surface area contributed by atoms with Crippen molar-refractivity contribution in [3.8, 4) is 5.75 Å². The van der Waals surface area contributed by atoms with Crippen LogP contribution in [0.15, 0.2) is 22.7 Å². The van der Waals surface area contributed by atoms with Gasteiger partial charge in [0, 0.05) is 37.2 Å². The molecule has 0 unspecified atom stereocenters. The summed E-state index contributed by atoms with van der Waals surface area (Å²) in [5, 5.41) is 6.54. The number of nitrogens with two attached hydrogens (primary N) is 1. The number of carbonyl (C=O) groups excluding carboxylic acids is 1. The third-order valence-corrected chi connectivity index (χ3v) is 2.71. The number of carbonyl (C=O) groups is 1. The Morgan fingerprint density at radius 3 is 2.90 bits per heavy atom. The van der Waals surface area contributed by atoms with Crippen LogP contribution in [0, 0.1) is 6.92 Å². The molecule has 7 heteroatoms. The fraction of sp³-hybridized carbons (Fsp3) is 0.357. The zero-order chi connectivity index (χ0) is 15.2. The molecule has 112 valence electrons. The number of aromatic nitrogens is 2. The highest BCUT2D eigenvalue weighted by Gasteiger charge is 2.09. The van der Waals surface area contributed by atoms with Gasteiger partial charge in [0.05, 0.1) is 6.61 Å². The summed E-state index contributed by atoms with van der Waals surface area (Å²) in [6.07, 6.45) is 0.504. The van der Waals surface area contributed by atoms with Crippen molar-refractivity contribution < 1.29 is 14.1 Å². The molecule has 0 aliphatic heterocycles. The van der Waals surface area contributed by atoms with Crippen LogP contribution in [-0.4, -0.2) is 29.2 Å². The number of benzene rings is 1. The summed E-state index contributed by atoms with van der Waals surface area (Å²) >= 11 is 0. The summed E-state index contributed by atoms with van der Waals surface area (Å²) in [6.45, 7) is 4.52. The predicted molar refractivity (Wildman–Crippen MR) is 77.1 cm³/mol. The van der Waals surface area contributed by atoms with Gasteiger partial charge >= 0.3 is 0 Å². The second-order valence-electron chi connectivity index (χ2n) is 4.46. The average molecular weight is 290 g/mol. The van der Waals surface area contributed by atoms with Gasteiger partial charge in [0.1, 0.15) is 5.75 Å². The largest absolute Gasteiger partial charge is 0.494 e. The minimum Gasteiger partial charge on any atom is -0.494 e. The smallest absolute Gasteiger partial charge is 0.251 e. The molecular formula is C14H18N4O3. The Morgan fingerprint density at radius 1 is 1.43 bits per heavy atom. The van der Waals surface area contributed by atoms with Crippen molar-refractivity contribution >= 4 is 11.6 Å². The third kappa shape index (κ3) is 4.20. The molecule has 7 nitrogen and oxygen atoms in total. The fourth-order valence-corrected chi connectivity index (χ4v) is 1.84. The van der Waals surface area contributed by atoms with Crippen molar-refractivity contribution in [1.29, 1.82) is 0 Å². The molecule has 0 fully saturated rings. The fourth-order valence-electron chi connectivity index (χ4n) is 1.84. The van der Waals surface area contributed by atoms with Crippen LogP contribution >= 0.6 is 0 Å².